The first-order chi connectivity index (χ1) is 3.72. The van der Waals surface area contributed by atoms with E-state index in [1.54, 1.807) is 0 Å². The van der Waals surface area contributed by atoms with Crippen LogP contribution < -0.4 is 0 Å². The third-order valence-corrected chi connectivity index (χ3v) is 2.54. The molecule has 48 valence electrons. The average Bonchev–Trinajstić information content (AvgIpc) is 1.61. The quantitative estimate of drug-likeness (QED) is 0.489. The molecule has 0 nitrogen and oxygen atoms in total. The molecule has 1 fully saturated rings. The van der Waals surface area contributed by atoms with Crippen molar-refractivity contribution in [3.05, 3.63) is 0 Å². The maximum Gasteiger partial charge on any atom is -0.0365 e. The van der Waals surface area contributed by atoms with Gasteiger partial charge in [-0.3, -0.25) is 0 Å². The molecule has 0 heterocycles. The van der Waals surface area contributed by atoms with Gasteiger partial charge in [-0.05, 0) is 24.2 Å². The molecule has 0 amide bonds. The number of hydrogen-bond acceptors (Lipinski definition) is 0. The van der Waals surface area contributed by atoms with Crippen LogP contribution in [0.4, 0.5) is 0 Å². The second-order valence-electron chi connectivity index (χ2n) is 3.46. The highest BCUT2D eigenvalue weighted by molar-refractivity contribution is 4.78. The monoisotopic (exact) mass is 112 g/mol. The highest BCUT2D eigenvalue weighted by Crippen LogP contribution is 2.38. The molecule has 0 heteroatoms. The number of hydrogen-bond donors (Lipinski definition) is 0. The maximum atomic E-state index is 2.37. The first-order valence-electron chi connectivity index (χ1n) is 3.72. The van der Waals surface area contributed by atoms with E-state index in [1.807, 2.05) is 0 Å². The summed E-state index contributed by atoms with van der Waals surface area (Å²) in [4.78, 5) is 0. The fraction of sp³-hybridized carbons (Fsp3) is 1.00. The summed E-state index contributed by atoms with van der Waals surface area (Å²) in [6, 6.07) is 0. The van der Waals surface area contributed by atoms with Crippen LogP contribution in [0, 0.1) is 17.8 Å². The van der Waals surface area contributed by atoms with Crippen molar-refractivity contribution in [3.63, 3.8) is 0 Å². The van der Waals surface area contributed by atoms with Crippen LogP contribution in [0.2, 0.25) is 0 Å². The maximum absolute atomic E-state index is 2.37. The van der Waals surface area contributed by atoms with Crippen molar-refractivity contribution in [2.75, 3.05) is 0 Å². The van der Waals surface area contributed by atoms with Crippen molar-refractivity contribution in [2.45, 2.75) is 33.6 Å². The Hall–Kier alpha value is 0. The van der Waals surface area contributed by atoms with Gasteiger partial charge >= 0.3 is 0 Å². The van der Waals surface area contributed by atoms with Crippen LogP contribution in [-0.4, -0.2) is 0 Å². The summed E-state index contributed by atoms with van der Waals surface area (Å²) in [5.74, 6) is 3.00. The van der Waals surface area contributed by atoms with Gasteiger partial charge in [-0.2, -0.15) is 0 Å². The summed E-state index contributed by atoms with van der Waals surface area (Å²) in [5, 5.41) is 0. The van der Waals surface area contributed by atoms with E-state index in [1.165, 1.54) is 12.8 Å². The van der Waals surface area contributed by atoms with Gasteiger partial charge in [0.15, 0.2) is 0 Å². The SMILES string of the molecule is CC(C)[C@@H]1CCC1C. The van der Waals surface area contributed by atoms with Crippen molar-refractivity contribution in [1.82, 2.24) is 0 Å². The third kappa shape index (κ3) is 0.888. The Morgan fingerprint density at radius 1 is 1.25 bits per heavy atom. The van der Waals surface area contributed by atoms with E-state index < -0.39 is 0 Å². The van der Waals surface area contributed by atoms with Gasteiger partial charge in [0.25, 0.3) is 0 Å². The van der Waals surface area contributed by atoms with Crippen molar-refractivity contribution in [1.29, 1.82) is 0 Å². The van der Waals surface area contributed by atoms with E-state index in [9.17, 15) is 0 Å². The first-order valence-corrected chi connectivity index (χ1v) is 3.72. The van der Waals surface area contributed by atoms with Crippen molar-refractivity contribution in [3.8, 4) is 0 Å². The van der Waals surface area contributed by atoms with Gasteiger partial charge in [-0.1, -0.05) is 27.2 Å². The standard InChI is InChI=1S/C8H16/c1-6(2)8-5-4-7(8)3/h6-8H,4-5H2,1-3H3/t7?,8-/m0/s1. The topological polar surface area (TPSA) is 0 Å². The number of rotatable bonds is 1. The molecule has 0 aromatic heterocycles. The lowest BCUT2D eigenvalue weighted by Crippen LogP contribution is -2.27. The van der Waals surface area contributed by atoms with Gasteiger partial charge in [0.2, 0.25) is 0 Å². The fourth-order valence-electron chi connectivity index (χ4n) is 1.68. The summed E-state index contributed by atoms with van der Waals surface area (Å²) < 4.78 is 0. The average molecular weight is 112 g/mol. The molecule has 1 aliphatic carbocycles. The summed E-state index contributed by atoms with van der Waals surface area (Å²) in [5.41, 5.74) is 0. The van der Waals surface area contributed by atoms with E-state index in [0.717, 1.165) is 17.8 Å². The molecule has 0 N–H and O–H groups in total. The van der Waals surface area contributed by atoms with Crippen molar-refractivity contribution in [2.24, 2.45) is 17.8 Å². The van der Waals surface area contributed by atoms with Gasteiger partial charge < -0.3 is 0 Å². The second kappa shape index (κ2) is 2.08. The predicted molar refractivity (Wildman–Crippen MR) is 36.7 cm³/mol. The Morgan fingerprint density at radius 3 is 1.88 bits per heavy atom. The predicted octanol–water partition coefficient (Wildman–Crippen LogP) is 2.69. The smallest absolute Gasteiger partial charge is 0.0365 e. The molecule has 0 aliphatic heterocycles. The Labute approximate surface area is 52.3 Å². The van der Waals surface area contributed by atoms with Gasteiger partial charge in [0.1, 0.15) is 0 Å². The molecule has 0 aromatic carbocycles. The van der Waals surface area contributed by atoms with Gasteiger partial charge in [-0.15, -0.1) is 0 Å². The van der Waals surface area contributed by atoms with Crippen LogP contribution in [0.15, 0.2) is 0 Å². The van der Waals surface area contributed by atoms with E-state index in [0.29, 0.717) is 0 Å². The third-order valence-electron chi connectivity index (χ3n) is 2.54. The second-order valence-corrected chi connectivity index (χ2v) is 3.46. The Morgan fingerprint density at radius 2 is 1.88 bits per heavy atom. The van der Waals surface area contributed by atoms with Crippen LogP contribution >= 0.6 is 0 Å². The van der Waals surface area contributed by atoms with Gasteiger partial charge in [0.05, 0.1) is 0 Å². The lowest BCUT2D eigenvalue weighted by atomic mass is 9.69. The van der Waals surface area contributed by atoms with Gasteiger partial charge in [-0.25, -0.2) is 0 Å². The molecule has 0 bridgehead atoms. The zero-order valence-corrected chi connectivity index (χ0v) is 6.15. The van der Waals surface area contributed by atoms with Crippen molar-refractivity contribution >= 4 is 0 Å². The minimum Gasteiger partial charge on any atom is -0.0625 e. The van der Waals surface area contributed by atoms with Crippen LogP contribution in [0.3, 0.4) is 0 Å². The normalized spacial score (nSPS) is 37.5. The molecule has 1 saturated carbocycles. The van der Waals surface area contributed by atoms with E-state index in [4.69, 9.17) is 0 Å². The van der Waals surface area contributed by atoms with Crippen molar-refractivity contribution < 1.29 is 0 Å². The molecule has 8 heavy (non-hydrogen) atoms. The highest BCUT2D eigenvalue weighted by Gasteiger charge is 2.28. The minimum atomic E-state index is 0.929. The van der Waals surface area contributed by atoms with Crippen LogP contribution in [0.1, 0.15) is 33.6 Å². The molecule has 1 unspecified atom stereocenters. The molecule has 0 aromatic rings. The fourth-order valence-corrected chi connectivity index (χ4v) is 1.68. The Kier molecular flexibility index (Phi) is 1.59. The van der Waals surface area contributed by atoms with Crippen LogP contribution in [-0.2, 0) is 0 Å². The minimum absolute atomic E-state index is 0.929. The molecule has 0 spiro atoms. The van der Waals surface area contributed by atoms with E-state index in [2.05, 4.69) is 20.8 Å². The molecular weight excluding hydrogens is 96.1 g/mol. The Bertz CT molecular complexity index is 69.4. The summed E-state index contributed by atoms with van der Waals surface area (Å²) in [7, 11) is 0. The summed E-state index contributed by atoms with van der Waals surface area (Å²) in [6.45, 7) is 7.04. The summed E-state index contributed by atoms with van der Waals surface area (Å²) >= 11 is 0. The zero-order valence-electron chi connectivity index (χ0n) is 6.15. The van der Waals surface area contributed by atoms with Crippen LogP contribution in [0.5, 0.6) is 0 Å². The van der Waals surface area contributed by atoms with Gasteiger partial charge in [0, 0.05) is 0 Å². The lowest BCUT2D eigenvalue weighted by Gasteiger charge is -2.36. The molecule has 0 radical (unpaired) electrons. The Balaban J connectivity index is 2.26. The van der Waals surface area contributed by atoms with E-state index in [-0.39, 0.29) is 0 Å². The summed E-state index contributed by atoms with van der Waals surface area (Å²) in [6.07, 6.45) is 2.96. The molecule has 0 saturated heterocycles. The molecular formula is C8H16. The zero-order chi connectivity index (χ0) is 6.15. The van der Waals surface area contributed by atoms with E-state index >= 15 is 0 Å². The largest absolute Gasteiger partial charge is 0.0625 e. The molecule has 2 atom stereocenters. The lowest BCUT2D eigenvalue weighted by molar-refractivity contribution is 0.139. The molecule has 1 rings (SSSR count). The molecule has 1 aliphatic rings. The highest BCUT2D eigenvalue weighted by atomic mass is 14.3. The van der Waals surface area contributed by atoms with Crippen LogP contribution in [0.25, 0.3) is 0 Å². The first kappa shape index (κ1) is 6.12.